The third-order valence-corrected chi connectivity index (χ3v) is 4.14. The van der Waals surface area contributed by atoms with Gasteiger partial charge in [0.05, 0.1) is 17.7 Å². The molecule has 1 N–H and O–H groups in total. The molecule has 0 aromatic heterocycles. The van der Waals surface area contributed by atoms with Gasteiger partial charge in [-0.15, -0.1) is 0 Å². The van der Waals surface area contributed by atoms with E-state index in [0.717, 1.165) is 0 Å². The number of nitrogens with zero attached hydrogens (tertiary/aromatic N) is 3. The van der Waals surface area contributed by atoms with Crippen molar-refractivity contribution in [1.82, 2.24) is 5.01 Å². The lowest BCUT2D eigenvalue weighted by Crippen LogP contribution is -2.57. The average molecular weight is 389 g/mol. The SMILES string of the molecule is N#Cc1ccccc1OCC(=O)N1N=C(c2ccccc2)C[C@]1(O)C(F)(F)F. The number of carbonyl (C=O) groups excluding carboxylic acids is 1. The zero-order valence-electron chi connectivity index (χ0n) is 14.3. The van der Waals surface area contributed by atoms with Gasteiger partial charge in [-0.3, -0.25) is 4.79 Å². The van der Waals surface area contributed by atoms with E-state index in [1.807, 2.05) is 6.07 Å². The largest absolute Gasteiger partial charge is 0.482 e. The molecule has 0 aliphatic carbocycles. The minimum Gasteiger partial charge on any atom is -0.482 e. The Morgan fingerprint density at radius 1 is 1.21 bits per heavy atom. The zero-order valence-corrected chi connectivity index (χ0v) is 14.3. The van der Waals surface area contributed by atoms with Crippen molar-refractivity contribution in [3.63, 3.8) is 0 Å². The number of aliphatic hydroxyl groups is 1. The Bertz CT molecular complexity index is 954. The molecule has 3 rings (SSSR count). The van der Waals surface area contributed by atoms with Crippen LogP contribution in [0.15, 0.2) is 59.7 Å². The predicted molar refractivity (Wildman–Crippen MR) is 92.1 cm³/mol. The first-order valence-corrected chi connectivity index (χ1v) is 8.13. The minimum absolute atomic E-state index is 0.00429. The van der Waals surface area contributed by atoms with E-state index in [-0.39, 0.29) is 22.0 Å². The number of alkyl halides is 3. The van der Waals surface area contributed by atoms with Crippen molar-refractivity contribution in [2.45, 2.75) is 18.3 Å². The quantitative estimate of drug-likeness (QED) is 0.871. The van der Waals surface area contributed by atoms with Gasteiger partial charge < -0.3 is 9.84 Å². The van der Waals surface area contributed by atoms with Gasteiger partial charge in [0, 0.05) is 0 Å². The Balaban J connectivity index is 1.86. The monoisotopic (exact) mass is 389 g/mol. The summed E-state index contributed by atoms with van der Waals surface area (Å²) in [5, 5.41) is 23.0. The standard InChI is InChI=1S/C19H14F3N3O3/c20-19(21,22)18(27)10-15(13-6-2-1-3-7-13)24-25(18)17(26)12-28-16-9-5-4-8-14(16)11-23/h1-9,27H,10,12H2/t18-/m0/s1. The van der Waals surface area contributed by atoms with Gasteiger partial charge in [0.25, 0.3) is 11.6 Å². The summed E-state index contributed by atoms with van der Waals surface area (Å²) in [5.41, 5.74) is -3.08. The molecule has 0 unspecified atom stereocenters. The molecule has 0 fully saturated rings. The Labute approximate surface area is 158 Å². The van der Waals surface area contributed by atoms with E-state index in [1.54, 1.807) is 30.3 Å². The number of para-hydroxylation sites is 1. The van der Waals surface area contributed by atoms with Crippen molar-refractivity contribution in [1.29, 1.82) is 5.26 Å². The number of nitriles is 1. The number of benzene rings is 2. The second-order valence-electron chi connectivity index (χ2n) is 6.01. The van der Waals surface area contributed by atoms with Crippen LogP contribution in [0, 0.1) is 11.3 Å². The molecule has 0 saturated carbocycles. The van der Waals surface area contributed by atoms with Crippen LogP contribution in [0.3, 0.4) is 0 Å². The van der Waals surface area contributed by atoms with Crippen molar-refractivity contribution >= 4 is 11.6 Å². The average Bonchev–Trinajstić information content (AvgIpc) is 3.06. The van der Waals surface area contributed by atoms with Crippen molar-refractivity contribution in [2.24, 2.45) is 5.10 Å². The first-order chi connectivity index (χ1) is 13.3. The van der Waals surface area contributed by atoms with Gasteiger partial charge in [0.15, 0.2) is 6.61 Å². The van der Waals surface area contributed by atoms with Crippen LogP contribution in [-0.4, -0.2) is 40.2 Å². The van der Waals surface area contributed by atoms with Crippen LogP contribution in [0.4, 0.5) is 13.2 Å². The number of amides is 1. The Morgan fingerprint density at radius 3 is 2.50 bits per heavy atom. The van der Waals surface area contributed by atoms with Gasteiger partial charge in [-0.05, 0) is 17.7 Å². The molecule has 2 aromatic rings. The van der Waals surface area contributed by atoms with Crippen molar-refractivity contribution in [3.8, 4) is 11.8 Å². The molecule has 1 atom stereocenters. The summed E-state index contributed by atoms with van der Waals surface area (Å²) in [7, 11) is 0. The number of ether oxygens (including phenoxy) is 1. The molecule has 2 aromatic carbocycles. The number of rotatable bonds is 4. The number of hydrogen-bond acceptors (Lipinski definition) is 5. The molecular formula is C19H14F3N3O3. The molecule has 28 heavy (non-hydrogen) atoms. The molecule has 1 heterocycles. The molecule has 0 radical (unpaired) electrons. The first-order valence-electron chi connectivity index (χ1n) is 8.13. The number of halogens is 3. The van der Waals surface area contributed by atoms with E-state index in [9.17, 15) is 23.1 Å². The fourth-order valence-corrected chi connectivity index (χ4v) is 2.71. The van der Waals surface area contributed by atoms with Gasteiger partial charge in [0.1, 0.15) is 11.8 Å². The third-order valence-electron chi connectivity index (χ3n) is 4.14. The van der Waals surface area contributed by atoms with Crippen molar-refractivity contribution in [2.75, 3.05) is 6.61 Å². The van der Waals surface area contributed by atoms with Gasteiger partial charge in [-0.25, -0.2) is 0 Å². The van der Waals surface area contributed by atoms with E-state index in [4.69, 9.17) is 10.00 Å². The molecule has 6 nitrogen and oxygen atoms in total. The molecule has 1 aliphatic heterocycles. The summed E-state index contributed by atoms with van der Waals surface area (Å²) in [6.45, 7) is -0.831. The maximum absolute atomic E-state index is 13.5. The van der Waals surface area contributed by atoms with Gasteiger partial charge in [-0.2, -0.15) is 28.5 Å². The van der Waals surface area contributed by atoms with E-state index >= 15 is 0 Å². The molecule has 1 amide bonds. The lowest BCUT2D eigenvalue weighted by atomic mass is 10.0. The summed E-state index contributed by atoms with van der Waals surface area (Å²) in [6, 6.07) is 15.8. The predicted octanol–water partition coefficient (Wildman–Crippen LogP) is 2.82. The molecule has 0 spiro atoms. The lowest BCUT2D eigenvalue weighted by Gasteiger charge is -2.32. The van der Waals surface area contributed by atoms with Crippen LogP contribution in [0.25, 0.3) is 0 Å². The van der Waals surface area contributed by atoms with Gasteiger partial charge in [-0.1, -0.05) is 42.5 Å². The summed E-state index contributed by atoms with van der Waals surface area (Å²) in [6.07, 6.45) is -6.03. The van der Waals surface area contributed by atoms with E-state index < -0.39 is 30.8 Å². The number of hydrazone groups is 1. The summed E-state index contributed by atoms with van der Waals surface area (Å²) in [4.78, 5) is 12.4. The lowest BCUT2D eigenvalue weighted by molar-refractivity contribution is -0.302. The summed E-state index contributed by atoms with van der Waals surface area (Å²) < 4.78 is 45.8. The van der Waals surface area contributed by atoms with E-state index in [0.29, 0.717) is 5.56 Å². The van der Waals surface area contributed by atoms with Crippen LogP contribution in [0.1, 0.15) is 17.5 Å². The minimum atomic E-state index is -5.13. The Hall–Kier alpha value is -3.38. The molecule has 0 saturated heterocycles. The number of hydrogen-bond donors (Lipinski definition) is 1. The summed E-state index contributed by atoms with van der Waals surface area (Å²) in [5.74, 6) is -1.15. The molecule has 144 valence electrons. The summed E-state index contributed by atoms with van der Waals surface area (Å²) >= 11 is 0. The fraction of sp³-hybridized carbons (Fsp3) is 0.211. The maximum atomic E-state index is 13.5. The zero-order chi connectivity index (χ0) is 20.4. The topological polar surface area (TPSA) is 85.9 Å². The van der Waals surface area contributed by atoms with E-state index in [2.05, 4.69) is 5.10 Å². The molecule has 0 bridgehead atoms. The van der Waals surface area contributed by atoms with Crippen LogP contribution in [0.5, 0.6) is 5.75 Å². The Morgan fingerprint density at radius 2 is 1.86 bits per heavy atom. The normalized spacial score (nSPS) is 19.1. The van der Waals surface area contributed by atoms with Crippen LogP contribution in [-0.2, 0) is 4.79 Å². The van der Waals surface area contributed by atoms with Crippen LogP contribution >= 0.6 is 0 Å². The molecule has 9 heteroatoms. The van der Waals surface area contributed by atoms with E-state index in [1.165, 1.54) is 24.3 Å². The van der Waals surface area contributed by atoms with Crippen LogP contribution < -0.4 is 4.74 Å². The van der Waals surface area contributed by atoms with Gasteiger partial charge >= 0.3 is 6.18 Å². The van der Waals surface area contributed by atoms with Crippen molar-refractivity contribution in [3.05, 3.63) is 65.7 Å². The molecule has 1 aliphatic rings. The highest BCUT2D eigenvalue weighted by Gasteiger charge is 2.63. The number of carbonyl (C=O) groups is 1. The maximum Gasteiger partial charge on any atom is 0.438 e. The molecular weight excluding hydrogens is 375 g/mol. The highest BCUT2D eigenvalue weighted by molar-refractivity contribution is 6.03. The van der Waals surface area contributed by atoms with Crippen LogP contribution in [0.2, 0.25) is 0 Å². The second kappa shape index (κ2) is 7.32. The van der Waals surface area contributed by atoms with Crippen molar-refractivity contribution < 1.29 is 27.8 Å². The highest BCUT2D eigenvalue weighted by Crippen LogP contribution is 2.41. The Kier molecular flexibility index (Phi) is 5.07. The first kappa shape index (κ1) is 19.4. The fourth-order valence-electron chi connectivity index (χ4n) is 2.71. The second-order valence-corrected chi connectivity index (χ2v) is 6.01. The smallest absolute Gasteiger partial charge is 0.438 e. The van der Waals surface area contributed by atoms with Gasteiger partial charge in [0.2, 0.25) is 0 Å². The highest BCUT2D eigenvalue weighted by atomic mass is 19.4. The third kappa shape index (κ3) is 3.54.